The summed E-state index contributed by atoms with van der Waals surface area (Å²) in [4.78, 5) is 16.0. The highest BCUT2D eigenvalue weighted by molar-refractivity contribution is 6.30. The average Bonchev–Trinajstić information content (AvgIpc) is 3.21. The van der Waals surface area contributed by atoms with Crippen molar-refractivity contribution in [2.75, 3.05) is 28.6 Å². The highest BCUT2D eigenvalue weighted by Gasteiger charge is 2.17. The predicted octanol–water partition coefficient (Wildman–Crippen LogP) is 5.23. The van der Waals surface area contributed by atoms with Crippen molar-refractivity contribution >= 4 is 40.8 Å². The highest BCUT2D eigenvalue weighted by Crippen LogP contribution is 2.24. The van der Waals surface area contributed by atoms with Gasteiger partial charge in [0.15, 0.2) is 0 Å². The molecule has 2 aromatic carbocycles. The van der Waals surface area contributed by atoms with Gasteiger partial charge in [0.2, 0.25) is 17.8 Å². The number of halogens is 1. The maximum atomic E-state index is 5.98. The van der Waals surface area contributed by atoms with Gasteiger partial charge >= 0.3 is 0 Å². The Morgan fingerprint density at radius 2 is 1.39 bits per heavy atom. The SMILES string of the molecule is Cc1ccc(Nc2nc(Nc3ccc(Cl)cc3)nc(N3CCCC3)n2)cc1C. The Labute approximate surface area is 170 Å². The van der Waals surface area contributed by atoms with Crippen molar-refractivity contribution in [1.82, 2.24) is 15.0 Å². The highest BCUT2D eigenvalue weighted by atomic mass is 35.5. The van der Waals surface area contributed by atoms with E-state index in [0.29, 0.717) is 22.9 Å². The summed E-state index contributed by atoms with van der Waals surface area (Å²) in [5, 5.41) is 7.27. The third-order valence-electron chi connectivity index (χ3n) is 4.88. The number of benzene rings is 2. The monoisotopic (exact) mass is 394 g/mol. The smallest absolute Gasteiger partial charge is 0.233 e. The molecule has 0 unspecified atom stereocenters. The van der Waals surface area contributed by atoms with Gasteiger partial charge in [-0.1, -0.05) is 17.7 Å². The van der Waals surface area contributed by atoms with Gasteiger partial charge in [0, 0.05) is 29.5 Å². The van der Waals surface area contributed by atoms with Gasteiger partial charge in [-0.05, 0) is 74.2 Å². The van der Waals surface area contributed by atoms with Crippen LogP contribution in [0.25, 0.3) is 0 Å². The number of aryl methyl sites for hydroxylation is 2. The van der Waals surface area contributed by atoms with Crippen LogP contribution in [0.4, 0.5) is 29.2 Å². The quantitative estimate of drug-likeness (QED) is 0.617. The third-order valence-corrected chi connectivity index (χ3v) is 5.13. The largest absolute Gasteiger partial charge is 0.341 e. The number of rotatable bonds is 5. The van der Waals surface area contributed by atoms with E-state index in [1.165, 1.54) is 11.1 Å². The number of anilines is 5. The molecule has 1 saturated heterocycles. The zero-order valence-corrected chi connectivity index (χ0v) is 16.8. The molecule has 1 aliphatic rings. The van der Waals surface area contributed by atoms with Gasteiger partial charge in [0.1, 0.15) is 0 Å². The molecule has 0 bridgehead atoms. The molecule has 0 aliphatic carbocycles. The van der Waals surface area contributed by atoms with Crippen molar-refractivity contribution in [1.29, 1.82) is 0 Å². The van der Waals surface area contributed by atoms with E-state index in [4.69, 9.17) is 11.6 Å². The third kappa shape index (κ3) is 4.34. The van der Waals surface area contributed by atoms with E-state index in [-0.39, 0.29) is 0 Å². The summed E-state index contributed by atoms with van der Waals surface area (Å²) >= 11 is 5.98. The first kappa shape index (κ1) is 18.5. The standard InChI is InChI=1S/C21H23ClN6/c1-14-5-8-18(13-15(14)2)24-20-25-19(23-17-9-6-16(22)7-10-17)26-21(27-20)28-11-3-4-12-28/h5-10,13H,3-4,11-12H2,1-2H3,(H2,23,24,25,26,27). The lowest BCUT2D eigenvalue weighted by molar-refractivity contribution is 0.886. The molecule has 144 valence electrons. The molecule has 0 amide bonds. The Hall–Kier alpha value is -2.86. The van der Waals surface area contributed by atoms with Crippen molar-refractivity contribution < 1.29 is 0 Å². The van der Waals surface area contributed by atoms with Crippen molar-refractivity contribution in [3.8, 4) is 0 Å². The maximum Gasteiger partial charge on any atom is 0.233 e. The molecule has 28 heavy (non-hydrogen) atoms. The number of nitrogens with zero attached hydrogens (tertiary/aromatic N) is 4. The van der Waals surface area contributed by atoms with Crippen LogP contribution in [0.1, 0.15) is 24.0 Å². The number of aromatic nitrogens is 3. The van der Waals surface area contributed by atoms with Gasteiger partial charge in [-0.25, -0.2) is 0 Å². The molecule has 2 N–H and O–H groups in total. The molecule has 1 aromatic heterocycles. The van der Waals surface area contributed by atoms with Crippen LogP contribution in [0.15, 0.2) is 42.5 Å². The molecule has 0 atom stereocenters. The normalized spacial score (nSPS) is 13.6. The zero-order chi connectivity index (χ0) is 19.5. The molecule has 7 heteroatoms. The Balaban J connectivity index is 1.64. The van der Waals surface area contributed by atoms with Gasteiger partial charge in [-0.2, -0.15) is 15.0 Å². The summed E-state index contributed by atoms with van der Waals surface area (Å²) in [6, 6.07) is 13.7. The van der Waals surface area contributed by atoms with Crippen molar-refractivity contribution in [2.45, 2.75) is 26.7 Å². The molecule has 1 aliphatic heterocycles. The first-order chi connectivity index (χ1) is 13.6. The van der Waals surface area contributed by atoms with Crippen LogP contribution in [-0.4, -0.2) is 28.0 Å². The lowest BCUT2D eigenvalue weighted by Gasteiger charge is -2.17. The Kier molecular flexibility index (Phi) is 5.30. The first-order valence-electron chi connectivity index (χ1n) is 9.45. The van der Waals surface area contributed by atoms with E-state index >= 15 is 0 Å². The van der Waals surface area contributed by atoms with E-state index in [2.05, 4.69) is 56.5 Å². The number of hydrogen-bond acceptors (Lipinski definition) is 6. The minimum absolute atomic E-state index is 0.505. The molecule has 4 rings (SSSR count). The van der Waals surface area contributed by atoms with Crippen molar-refractivity contribution in [3.05, 3.63) is 58.6 Å². The Bertz CT molecular complexity index is 967. The molecule has 0 spiro atoms. The van der Waals surface area contributed by atoms with E-state index in [0.717, 1.165) is 37.3 Å². The average molecular weight is 395 g/mol. The summed E-state index contributed by atoms with van der Waals surface area (Å²) in [5.74, 6) is 1.72. The Morgan fingerprint density at radius 1 is 0.786 bits per heavy atom. The molecule has 6 nitrogen and oxygen atoms in total. The molecule has 1 fully saturated rings. The Morgan fingerprint density at radius 3 is 2.04 bits per heavy atom. The fourth-order valence-corrected chi connectivity index (χ4v) is 3.27. The molecule has 0 saturated carbocycles. The van der Waals surface area contributed by atoms with E-state index in [1.54, 1.807) is 0 Å². The van der Waals surface area contributed by atoms with Gasteiger partial charge in [-0.15, -0.1) is 0 Å². The number of nitrogens with one attached hydrogen (secondary N) is 2. The number of hydrogen-bond donors (Lipinski definition) is 2. The van der Waals surface area contributed by atoms with Gasteiger partial charge in [0.05, 0.1) is 0 Å². The maximum absolute atomic E-state index is 5.98. The van der Waals surface area contributed by atoms with Crippen LogP contribution in [-0.2, 0) is 0 Å². The van der Waals surface area contributed by atoms with Crippen LogP contribution < -0.4 is 15.5 Å². The lowest BCUT2D eigenvalue weighted by atomic mass is 10.1. The molecule has 2 heterocycles. The summed E-state index contributed by atoms with van der Waals surface area (Å²) in [5.41, 5.74) is 4.31. The van der Waals surface area contributed by atoms with Crippen LogP contribution in [0.3, 0.4) is 0 Å². The topological polar surface area (TPSA) is 66.0 Å². The summed E-state index contributed by atoms with van der Waals surface area (Å²) < 4.78 is 0. The predicted molar refractivity (Wildman–Crippen MR) is 115 cm³/mol. The van der Waals surface area contributed by atoms with Gasteiger partial charge < -0.3 is 15.5 Å². The van der Waals surface area contributed by atoms with Crippen LogP contribution in [0.2, 0.25) is 5.02 Å². The van der Waals surface area contributed by atoms with E-state index in [9.17, 15) is 0 Å². The zero-order valence-electron chi connectivity index (χ0n) is 16.0. The fraction of sp³-hybridized carbons (Fsp3) is 0.286. The first-order valence-corrected chi connectivity index (χ1v) is 9.82. The molecule has 0 radical (unpaired) electrons. The molecule has 3 aromatic rings. The van der Waals surface area contributed by atoms with Crippen LogP contribution in [0, 0.1) is 13.8 Å². The summed E-state index contributed by atoms with van der Waals surface area (Å²) in [6.45, 7) is 6.12. The minimum atomic E-state index is 0.505. The lowest BCUT2D eigenvalue weighted by Crippen LogP contribution is -2.21. The second-order valence-electron chi connectivity index (χ2n) is 7.03. The minimum Gasteiger partial charge on any atom is -0.341 e. The fourth-order valence-electron chi connectivity index (χ4n) is 3.15. The van der Waals surface area contributed by atoms with Crippen molar-refractivity contribution in [2.24, 2.45) is 0 Å². The summed E-state index contributed by atoms with van der Waals surface area (Å²) in [7, 11) is 0. The van der Waals surface area contributed by atoms with Crippen molar-refractivity contribution in [3.63, 3.8) is 0 Å². The second-order valence-corrected chi connectivity index (χ2v) is 7.47. The van der Waals surface area contributed by atoms with Crippen LogP contribution >= 0.6 is 11.6 Å². The van der Waals surface area contributed by atoms with Gasteiger partial charge in [0.25, 0.3) is 0 Å². The van der Waals surface area contributed by atoms with E-state index in [1.807, 2.05) is 30.3 Å². The van der Waals surface area contributed by atoms with Gasteiger partial charge in [-0.3, -0.25) is 0 Å². The molecular weight excluding hydrogens is 372 g/mol. The second kappa shape index (κ2) is 8.02. The van der Waals surface area contributed by atoms with Crippen LogP contribution in [0.5, 0.6) is 0 Å². The van der Waals surface area contributed by atoms with E-state index < -0.39 is 0 Å². The molecular formula is C21H23ClN6. The summed E-state index contributed by atoms with van der Waals surface area (Å²) in [6.07, 6.45) is 2.32.